The SMILES string of the molecule is O=C(CCCN1C(=O)C2CCCC2C1=O)c1cccs1. The second-order valence-corrected chi connectivity index (χ2v) is 6.42. The van der Waals surface area contributed by atoms with E-state index in [1.54, 1.807) is 0 Å². The summed E-state index contributed by atoms with van der Waals surface area (Å²) >= 11 is 1.43. The largest absolute Gasteiger partial charge is 0.293 e. The highest BCUT2D eigenvalue weighted by Gasteiger charge is 2.49. The van der Waals surface area contributed by atoms with Crippen molar-refractivity contribution in [1.82, 2.24) is 4.90 Å². The molecule has 20 heavy (non-hydrogen) atoms. The molecule has 0 spiro atoms. The second-order valence-electron chi connectivity index (χ2n) is 5.48. The number of thiophene rings is 1. The number of amides is 2. The predicted molar refractivity (Wildman–Crippen MR) is 75.4 cm³/mol. The fourth-order valence-electron chi connectivity index (χ4n) is 3.24. The lowest BCUT2D eigenvalue weighted by Crippen LogP contribution is -2.32. The van der Waals surface area contributed by atoms with E-state index in [0.717, 1.165) is 24.1 Å². The first-order valence-corrected chi connectivity index (χ1v) is 7.98. The molecule has 1 aromatic rings. The zero-order valence-corrected chi connectivity index (χ0v) is 12.0. The summed E-state index contributed by atoms with van der Waals surface area (Å²) in [5.74, 6) is -0.0765. The average Bonchev–Trinajstić information content (AvgIpc) is 3.15. The average molecular weight is 291 g/mol. The van der Waals surface area contributed by atoms with E-state index in [9.17, 15) is 14.4 Å². The minimum atomic E-state index is -0.0736. The van der Waals surface area contributed by atoms with Gasteiger partial charge in [0.1, 0.15) is 0 Å². The number of nitrogens with zero attached hydrogens (tertiary/aromatic N) is 1. The molecule has 1 saturated carbocycles. The molecule has 1 aliphatic carbocycles. The summed E-state index contributed by atoms with van der Waals surface area (Å²) in [4.78, 5) is 38.2. The number of hydrogen-bond acceptors (Lipinski definition) is 4. The van der Waals surface area contributed by atoms with Gasteiger partial charge < -0.3 is 0 Å². The van der Waals surface area contributed by atoms with Crippen LogP contribution in [0.4, 0.5) is 0 Å². The van der Waals surface area contributed by atoms with Crippen LogP contribution in [0, 0.1) is 11.8 Å². The maximum absolute atomic E-state index is 12.1. The van der Waals surface area contributed by atoms with Crippen molar-refractivity contribution in [1.29, 1.82) is 0 Å². The minimum absolute atomic E-state index is 0.0129. The van der Waals surface area contributed by atoms with Gasteiger partial charge in [0.25, 0.3) is 0 Å². The van der Waals surface area contributed by atoms with Gasteiger partial charge in [-0.3, -0.25) is 19.3 Å². The van der Waals surface area contributed by atoms with E-state index in [0.29, 0.717) is 19.4 Å². The number of likely N-dealkylation sites (tertiary alicyclic amines) is 1. The lowest BCUT2D eigenvalue weighted by atomic mass is 10.00. The Morgan fingerprint density at radius 3 is 2.55 bits per heavy atom. The number of carbonyl (C=O) groups is 3. The summed E-state index contributed by atoms with van der Waals surface area (Å²) in [6.07, 6.45) is 3.64. The van der Waals surface area contributed by atoms with Crippen LogP contribution in [0.5, 0.6) is 0 Å². The molecule has 0 bridgehead atoms. The zero-order valence-electron chi connectivity index (χ0n) is 11.2. The molecular weight excluding hydrogens is 274 g/mol. The van der Waals surface area contributed by atoms with Crippen LogP contribution in [0.1, 0.15) is 41.8 Å². The van der Waals surface area contributed by atoms with E-state index < -0.39 is 0 Å². The smallest absolute Gasteiger partial charge is 0.233 e. The Morgan fingerprint density at radius 2 is 1.95 bits per heavy atom. The normalized spacial score (nSPS) is 25.3. The summed E-state index contributed by atoms with van der Waals surface area (Å²) in [5, 5.41) is 1.88. The molecule has 3 rings (SSSR count). The number of carbonyl (C=O) groups excluding carboxylic acids is 3. The topological polar surface area (TPSA) is 54.5 Å². The number of imide groups is 1. The third-order valence-corrected chi connectivity index (χ3v) is 5.17. The highest BCUT2D eigenvalue weighted by atomic mass is 32.1. The molecular formula is C15H17NO3S. The monoisotopic (exact) mass is 291 g/mol. The van der Waals surface area contributed by atoms with Crippen molar-refractivity contribution in [2.45, 2.75) is 32.1 Å². The van der Waals surface area contributed by atoms with Crippen molar-refractivity contribution in [3.05, 3.63) is 22.4 Å². The molecule has 4 nitrogen and oxygen atoms in total. The Hall–Kier alpha value is -1.49. The van der Waals surface area contributed by atoms with Crippen molar-refractivity contribution in [3.63, 3.8) is 0 Å². The van der Waals surface area contributed by atoms with Gasteiger partial charge in [-0.05, 0) is 30.7 Å². The Labute approximate surface area is 121 Å². The van der Waals surface area contributed by atoms with E-state index in [2.05, 4.69) is 0 Å². The minimum Gasteiger partial charge on any atom is -0.293 e. The van der Waals surface area contributed by atoms with E-state index in [-0.39, 0.29) is 29.4 Å². The fraction of sp³-hybridized carbons (Fsp3) is 0.533. The Morgan fingerprint density at radius 1 is 1.25 bits per heavy atom. The van der Waals surface area contributed by atoms with Crippen molar-refractivity contribution in [2.75, 3.05) is 6.54 Å². The Kier molecular flexibility index (Phi) is 3.70. The van der Waals surface area contributed by atoms with Crippen LogP contribution in [0.25, 0.3) is 0 Å². The number of hydrogen-bond donors (Lipinski definition) is 0. The molecule has 0 radical (unpaired) electrons. The molecule has 1 aliphatic heterocycles. The third kappa shape index (κ3) is 2.30. The fourth-order valence-corrected chi connectivity index (χ4v) is 3.93. The van der Waals surface area contributed by atoms with Crippen LogP contribution in [0.2, 0.25) is 0 Å². The van der Waals surface area contributed by atoms with Crippen molar-refractivity contribution in [2.24, 2.45) is 11.8 Å². The molecule has 5 heteroatoms. The van der Waals surface area contributed by atoms with Gasteiger partial charge >= 0.3 is 0 Å². The van der Waals surface area contributed by atoms with Gasteiger partial charge in [-0.2, -0.15) is 0 Å². The molecule has 2 atom stereocenters. The molecule has 0 aromatic carbocycles. The third-order valence-electron chi connectivity index (χ3n) is 4.26. The molecule has 1 aromatic heterocycles. The maximum atomic E-state index is 12.1. The molecule has 2 aliphatic rings. The standard InChI is InChI=1S/C15H17NO3S/c17-12(13-7-3-9-20-13)6-2-8-16-14(18)10-4-1-5-11(10)15(16)19/h3,7,9-11H,1-2,4-6,8H2. The van der Waals surface area contributed by atoms with Gasteiger partial charge in [0.05, 0.1) is 16.7 Å². The van der Waals surface area contributed by atoms with Gasteiger partial charge in [-0.15, -0.1) is 11.3 Å². The van der Waals surface area contributed by atoms with Crippen LogP contribution >= 0.6 is 11.3 Å². The van der Waals surface area contributed by atoms with E-state index in [1.165, 1.54) is 16.2 Å². The van der Waals surface area contributed by atoms with Crippen LogP contribution < -0.4 is 0 Å². The lowest BCUT2D eigenvalue weighted by Gasteiger charge is -2.15. The van der Waals surface area contributed by atoms with Crippen LogP contribution in [-0.2, 0) is 9.59 Å². The van der Waals surface area contributed by atoms with Crippen LogP contribution in [0.3, 0.4) is 0 Å². The summed E-state index contributed by atoms with van der Waals surface area (Å²) < 4.78 is 0. The molecule has 2 fully saturated rings. The van der Waals surface area contributed by atoms with Crippen LogP contribution in [-0.4, -0.2) is 29.0 Å². The molecule has 2 unspecified atom stereocenters. The van der Waals surface area contributed by atoms with Crippen molar-refractivity contribution >= 4 is 28.9 Å². The Balaban J connectivity index is 1.53. The van der Waals surface area contributed by atoms with Crippen molar-refractivity contribution in [3.8, 4) is 0 Å². The van der Waals surface area contributed by atoms with E-state index in [1.807, 2.05) is 17.5 Å². The summed E-state index contributed by atoms with van der Waals surface area (Å²) in [7, 11) is 0. The second kappa shape index (κ2) is 5.48. The first-order chi connectivity index (χ1) is 9.68. The Bertz CT molecular complexity index is 515. The highest BCUT2D eigenvalue weighted by Crippen LogP contribution is 2.39. The molecule has 0 N–H and O–H groups in total. The number of fused-ring (bicyclic) bond motifs is 1. The maximum Gasteiger partial charge on any atom is 0.233 e. The summed E-state index contributed by atoms with van der Waals surface area (Å²) in [5.41, 5.74) is 0. The molecule has 106 valence electrons. The van der Waals surface area contributed by atoms with Gasteiger partial charge in [0, 0.05) is 13.0 Å². The number of ketones is 1. The van der Waals surface area contributed by atoms with Gasteiger partial charge in [0.15, 0.2) is 5.78 Å². The van der Waals surface area contributed by atoms with E-state index >= 15 is 0 Å². The lowest BCUT2D eigenvalue weighted by molar-refractivity contribution is -0.140. The zero-order chi connectivity index (χ0) is 14.1. The molecule has 2 amide bonds. The van der Waals surface area contributed by atoms with E-state index in [4.69, 9.17) is 0 Å². The van der Waals surface area contributed by atoms with Gasteiger partial charge in [0.2, 0.25) is 11.8 Å². The summed E-state index contributed by atoms with van der Waals surface area (Å²) in [6, 6.07) is 3.66. The number of Topliss-reactive ketones (excluding diaryl/α,β-unsaturated/α-hetero) is 1. The molecule has 1 saturated heterocycles. The first kappa shape index (κ1) is 13.5. The summed E-state index contributed by atoms with van der Waals surface area (Å²) in [6.45, 7) is 0.391. The van der Waals surface area contributed by atoms with Gasteiger partial charge in [-0.25, -0.2) is 0 Å². The van der Waals surface area contributed by atoms with Crippen molar-refractivity contribution < 1.29 is 14.4 Å². The molecule has 2 heterocycles. The van der Waals surface area contributed by atoms with Gasteiger partial charge in [-0.1, -0.05) is 12.5 Å². The predicted octanol–water partition coefficient (Wildman–Crippen LogP) is 2.50. The quantitative estimate of drug-likeness (QED) is 0.618. The number of rotatable bonds is 5. The first-order valence-electron chi connectivity index (χ1n) is 7.10. The highest BCUT2D eigenvalue weighted by molar-refractivity contribution is 7.12. The van der Waals surface area contributed by atoms with Crippen LogP contribution in [0.15, 0.2) is 17.5 Å².